The summed E-state index contributed by atoms with van der Waals surface area (Å²) in [5.74, 6) is -6.91. The van der Waals surface area contributed by atoms with Crippen LogP contribution in [-0.2, 0) is 26.2 Å². The van der Waals surface area contributed by atoms with Gasteiger partial charge in [0.2, 0.25) is 23.6 Å². The van der Waals surface area contributed by atoms with Gasteiger partial charge in [-0.15, -0.1) is 11.3 Å². The summed E-state index contributed by atoms with van der Waals surface area (Å²) >= 11 is 15.0. The number of nitrogens with zero attached hydrogens (tertiary/aromatic N) is 4. The molecule has 9 rings (SSSR count). The van der Waals surface area contributed by atoms with Crippen LogP contribution in [0.4, 0.5) is 11.5 Å². The number of phenolic OH excluding ortho intramolecular Hbond substituents is 1. The van der Waals surface area contributed by atoms with Gasteiger partial charge in [0.05, 0.1) is 50.9 Å². The number of phenols is 1. The molecule has 0 unspecified atom stereocenters. The number of aromatic hydroxyl groups is 1. The van der Waals surface area contributed by atoms with E-state index >= 15 is 9.59 Å². The predicted molar refractivity (Wildman–Crippen MR) is 224 cm³/mol. The highest BCUT2D eigenvalue weighted by molar-refractivity contribution is 9.13. The zero-order chi connectivity index (χ0) is 41.3. The minimum atomic E-state index is -1.41. The van der Waals surface area contributed by atoms with Gasteiger partial charge in [-0.3, -0.25) is 28.8 Å². The summed E-state index contributed by atoms with van der Waals surface area (Å²) in [5.41, 5.74) is 1.48. The van der Waals surface area contributed by atoms with Crippen LogP contribution >= 0.6 is 54.8 Å². The van der Waals surface area contributed by atoms with Crippen molar-refractivity contribution in [2.75, 3.05) is 16.9 Å². The van der Waals surface area contributed by atoms with Crippen molar-refractivity contribution in [1.82, 2.24) is 9.78 Å². The number of fused-ring (bicyclic) bond motifs is 5. The molecule has 16 heteroatoms. The molecule has 6 atom stereocenters. The van der Waals surface area contributed by atoms with E-state index in [2.05, 4.69) is 31.9 Å². The molecule has 3 fully saturated rings. The number of hydrogen-bond donors (Lipinski definition) is 2. The summed E-state index contributed by atoms with van der Waals surface area (Å²) in [6.45, 7) is 3.75. The Morgan fingerprint density at radius 1 is 1.00 bits per heavy atom. The summed E-state index contributed by atoms with van der Waals surface area (Å²) in [6.07, 6.45) is 2.19. The van der Waals surface area contributed by atoms with Gasteiger partial charge in [-0.25, -0.2) is 9.69 Å². The fourth-order valence-electron chi connectivity index (χ4n) is 9.80. The number of benzene rings is 3. The number of aromatic carboxylic acids is 1. The Labute approximate surface area is 357 Å². The number of carbonyl (C=O) groups is 5. The number of carboxylic acids is 1. The first-order valence-electron chi connectivity index (χ1n) is 18.4. The van der Waals surface area contributed by atoms with Crippen LogP contribution in [0, 0.1) is 36.0 Å². The van der Waals surface area contributed by atoms with Crippen LogP contribution in [-0.4, -0.2) is 56.7 Å². The molecule has 2 aliphatic carbocycles. The number of halogens is 3. The first-order valence-corrected chi connectivity index (χ1v) is 21.1. The number of aryl methyl sites for hydroxylation is 2. The highest BCUT2D eigenvalue weighted by Gasteiger charge is 2.68. The predicted octanol–water partition coefficient (Wildman–Crippen LogP) is 8.64. The quantitative estimate of drug-likeness (QED) is 0.126. The Hall–Kier alpha value is -4.83. The number of aromatic nitrogens is 2. The van der Waals surface area contributed by atoms with E-state index in [0.29, 0.717) is 20.8 Å². The lowest BCUT2D eigenvalue weighted by Gasteiger charge is -2.49. The molecule has 58 heavy (non-hydrogen) atoms. The van der Waals surface area contributed by atoms with E-state index in [-0.39, 0.29) is 45.9 Å². The molecule has 296 valence electrons. The average Bonchev–Trinajstić information content (AvgIpc) is 3.87. The zero-order valence-electron chi connectivity index (χ0n) is 31.2. The number of carboxylic acid groups (broad SMARTS) is 1. The Bertz CT molecular complexity index is 2750. The molecule has 4 aliphatic rings. The molecule has 2 saturated heterocycles. The summed E-state index contributed by atoms with van der Waals surface area (Å²) in [6, 6.07) is 14.8. The van der Waals surface area contributed by atoms with Gasteiger partial charge in [0.15, 0.2) is 11.5 Å². The van der Waals surface area contributed by atoms with Gasteiger partial charge in [-0.1, -0.05) is 29.3 Å². The number of ether oxygens (including phenoxy) is 1. The molecule has 0 spiro atoms. The van der Waals surface area contributed by atoms with Crippen molar-refractivity contribution < 1.29 is 38.9 Å². The van der Waals surface area contributed by atoms with Crippen molar-refractivity contribution in [3.63, 3.8) is 0 Å². The van der Waals surface area contributed by atoms with Crippen molar-refractivity contribution in [3.05, 3.63) is 96.9 Å². The molecule has 3 aromatic carbocycles. The van der Waals surface area contributed by atoms with E-state index in [1.165, 1.54) is 52.3 Å². The van der Waals surface area contributed by atoms with Crippen LogP contribution < -0.4 is 14.5 Å². The van der Waals surface area contributed by atoms with Gasteiger partial charge >= 0.3 is 5.97 Å². The Kier molecular flexibility index (Phi) is 9.08. The SMILES string of the molecule is COc1cc([C@H]2C3=CC[C@@H]4C(=O)N(c5cccc(C(=O)O)c5)C(=O)[C@@H]4[C@@H]3C[C@H]3C(=O)N(c4cc(-c5sc6ccc(Cl)cc6c5C)nn4C)C(=O)[C@@]23C)c(Br)c(Br)c1O. The number of carbonyl (C=O) groups excluding carboxylic acids is 4. The zero-order valence-corrected chi connectivity index (χ0v) is 36.0. The van der Waals surface area contributed by atoms with E-state index in [4.69, 9.17) is 21.4 Å². The van der Waals surface area contributed by atoms with Gasteiger partial charge in [0, 0.05) is 33.2 Å². The standard InChI is InChI=1S/C42H33Br2ClN4O8S/c1-17-23-13-19(45)8-11-29(23)58-36(17)27-16-30(47(3)46-27)49-38(52)26-14-24-21(32(42(26,2)41(49)56)25-15-28(57-4)35(50)34(44)33(25)43)9-10-22-31(24)39(53)48(37(22)51)20-7-5-6-18(12-20)40(54)55/h5-9,11-13,15-16,22,24,26,31-32,50H,10,14H2,1-4H3,(H,54,55)/t22-,24+,26-,31-,32+,42+/m0/s1. The van der Waals surface area contributed by atoms with Crippen LogP contribution in [0.1, 0.15) is 47.2 Å². The molecule has 0 radical (unpaired) electrons. The van der Waals surface area contributed by atoms with Gasteiger partial charge in [0.25, 0.3) is 0 Å². The van der Waals surface area contributed by atoms with Crippen LogP contribution in [0.2, 0.25) is 5.02 Å². The van der Waals surface area contributed by atoms with E-state index in [1.807, 2.05) is 31.2 Å². The number of amides is 4. The number of imide groups is 2. The molecule has 1 saturated carbocycles. The Balaban J connectivity index is 1.18. The number of rotatable bonds is 6. The minimum absolute atomic E-state index is 0.0719. The maximum Gasteiger partial charge on any atom is 0.335 e. The molecular formula is C42H33Br2ClN4O8S. The first-order chi connectivity index (χ1) is 27.6. The third-order valence-corrected chi connectivity index (χ3v) is 16.2. The summed E-state index contributed by atoms with van der Waals surface area (Å²) in [5, 5.41) is 27.0. The smallest absolute Gasteiger partial charge is 0.335 e. The second-order valence-corrected chi connectivity index (χ2v) is 18.5. The summed E-state index contributed by atoms with van der Waals surface area (Å²) in [4.78, 5) is 74.0. The van der Waals surface area contributed by atoms with Crippen LogP contribution in [0.3, 0.4) is 0 Å². The number of methoxy groups -OCH3 is 1. The molecular weight excluding hydrogens is 916 g/mol. The second kappa shape index (κ2) is 13.6. The lowest BCUT2D eigenvalue weighted by molar-refractivity contribution is -0.131. The fraction of sp³-hybridized carbons (Fsp3) is 0.286. The topological polar surface area (TPSA) is 159 Å². The Morgan fingerprint density at radius 3 is 2.48 bits per heavy atom. The minimum Gasteiger partial charge on any atom is -0.503 e. The van der Waals surface area contributed by atoms with Gasteiger partial charge in [-0.05, 0) is 123 Å². The van der Waals surface area contributed by atoms with Gasteiger partial charge < -0.3 is 14.9 Å². The van der Waals surface area contributed by atoms with Crippen molar-refractivity contribution in [2.24, 2.45) is 36.1 Å². The van der Waals surface area contributed by atoms with E-state index < -0.39 is 64.6 Å². The van der Waals surface area contributed by atoms with Gasteiger partial charge in [-0.2, -0.15) is 5.10 Å². The summed E-state index contributed by atoms with van der Waals surface area (Å²) in [7, 11) is 3.09. The number of anilines is 2. The monoisotopic (exact) mass is 946 g/mol. The lowest BCUT2D eigenvalue weighted by Crippen LogP contribution is -2.49. The van der Waals surface area contributed by atoms with Crippen LogP contribution in [0.25, 0.3) is 20.7 Å². The first kappa shape index (κ1) is 38.7. The molecule has 2 aromatic heterocycles. The molecule has 2 aliphatic heterocycles. The number of hydrogen-bond acceptors (Lipinski definition) is 9. The maximum absolute atomic E-state index is 15.3. The highest BCUT2D eigenvalue weighted by atomic mass is 79.9. The number of allylic oxidation sites excluding steroid dienone is 2. The number of thiophene rings is 1. The lowest BCUT2D eigenvalue weighted by atomic mass is 9.51. The third kappa shape index (κ3) is 5.35. The van der Waals surface area contributed by atoms with Crippen molar-refractivity contribution >= 4 is 106 Å². The van der Waals surface area contributed by atoms with Crippen LogP contribution in [0.15, 0.2) is 75.2 Å². The summed E-state index contributed by atoms with van der Waals surface area (Å²) < 4.78 is 8.82. The van der Waals surface area contributed by atoms with E-state index in [0.717, 1.165) is 31.0 Å². The molecule has 2 N–H and O–H groups in total. The molecule has 5 aromatic rings. The van der Waals surface area contributed by atoms with Crippen molar-refractivity contribution in [1.29, 1.82) is 0 Å². The molecule has 4 heterocycles. The van der Waals surface area contributed by atoms with E-state index in [9.17, 15) is 24.6 Å². The maximum atomic E-state index is 15.3. The van der Waals surface area contributed by atoms with Crippen molar-refractivity contribution in [3.8, 4) is 22.1 Å². The Morgan fingerprint density at radius 2 is 1.76 bits per heavy atom. The van der Waals surface area contributed by atoms with Crippen molar-refractivity contribution in [2.45, 2.75) is 32.6 Å². The average molecular weight is 949 g/mol. The second-order valence-electron chi connectivity index (χ2n) is 15.4. The van der Waals surface area contributed by atoms with Crippen LogP contribution in [0.5, 0.6) is 11.5 Å². The van der Waals surface area contributed by atoms with Gasteiger partial charge in [0.1, 0.15) is 11.5 Å². The molecule has 4 amide bonds. The molecule has 0 bridgehead atoms. The van der Waals surface area contributed by atoms with E-state index in [1.54, 1.807) is 26.1 Å². The normalized spacial score (nSPS) is 25.3. The fourth-order valence-corrected chi connectivity index (χ4v) is 12.1. The molecule has 12 nitrogen and oxygen atoms in total. The largest absolute Gasteiger partial charge is 0.503 e. The highest BCUT2D eigenvalue weighted by Crippen LogP contribution is 2.65. The third-order valence-electron chi connectivity index (χ3n) is 12.5.